The number of hydrogen-bond acceptors (Lipinski definition) is 9. The molecule has 2 aromatic rings. The summed E-state index contributed by atoms with van der Waals surface area (Å²) in [5.41, 5.74) is -0.304. The fourth-order valence-corrected chi connectivity index (χ4v) is 3.17. The number of aromatic amines is 1. The summed E-state index contributed by atoms with van der Waals surface area (Å²) >= 11 is 1.20. The SMILES string of the molecule is CSc1nc2c(ncn2[C@@H]2O[C@H](COP(=O)(O)O)[C@@H](O)[C@H]2O)c(=O)[nH]1. The molecule has 0 spiro atoms. The maximum atomic E-state index is 12.0. The lowest BCUT2D eigenvalue weighted by atomic mass is 10.1. The number of aliphatic hydroxyl groups is 2. The minimum atomic E-state index is -4.75. The van der Waals surface area contributed by atoms with Gasteiger partial charge in [-0.25, -0.2) is 14.5 Å². The standard InChI is InChI=1S/C11H15N4O8PS/c1-25-11-13-8-5(9(18)14-11)12-3-15(8)10-7(17)6(16)4(23-10)2-22-24(19,20)21/h3-4,6-7,10,16-17H,2H2,1H3,(H,13,14,18)(H2,19,20,21)/t4-,6-,7-,10-/m1/s1. The summed E-state index contributed by atoms with van der Waals surface area (Å²) in [4.78, 5) is 40.1. The van der Waals surface area contributed by atoms with E-state index in [1.807, 2.05) is 0 Å². The largest absolute Gasteiger partial charge is 0.469 e. The molecule has 1 fully saturated rings. The van der Waals surface area contributed by atoms with E-state index in [-0.39, 0.29) is 11.2 Å². The van der Waals surface area contributed by atoms with E-state index in [0.29, 0.717) is 5.16 Å². The Morgan fingerprint density at radius 1 is 1.44 bits per heavy atom. The van der Waals surface area contributed by atoms with Gasteiger partial charge in [0.2, 0.25) is 0 Å². The van der Waals surface area contributed by atoms with Crippen LogP contribution in [0.5, 0.6) is 0 Å². The van der Waals surface area contributed by atoms with Crippen LogP contribution >= 0.6 is 19.6 Å². The minimum Gasteiger partial charge on any atom is -0.387 e. The molecule has 0 amide bonds. The molecule has 0 unspecified atom stereocenters. The van der Waals surface area contributed by atoms with E-state index < -0.39 is 44.5 Å². The molecule has 14 heteroatoms. The van der Waals surface area contributed by atoms with Crippen LogP contribution in [-0.2, 0) is 13.8 Å². The van der Waals surface area contributed by atoms with Gasteiger partial charge in [0.25, 0.3) is 5.56 Å². The molecule has 25 heavy (non-hydrogen) atoms. The zero-order valence-electron chi connectivity index (χ0n) is 12.7. The smallest absolute Gasteiger partial charge is 0.387 e. The predicted molar refractivity (Wildman–Crippen MR) is 83.8 cm³/mol. The van der Waals surface area contributed by atoms with Crippen LogP contribution in [0.15, 0.2) is 16.3 Å². The van der Waals surface area contributed by atoms with E-state index in [1.165, 1.54) is 22.7 Å². The van der Waals surface area contributed by atoms with Crippen molar-refractivity contribution in [2.45, 2.75) is 29.7 Å². The van der Waals surface area contributed by atoms with Crippen LogP contribution in [0, 0.1) is 0 Å². The average Bonchev–Trinajstić information content (AvgIpc) is 3.08. The van der Waals surface area contributed by atoms with Gasteiger partial charge in [-0.3, -0.25) is 18.9 Å². The van der Waals surface area contributed by atoms with Gasteiger partial charge in [-0.1, -0.05) is 11.8 Å². The molecule has 1 aliphatic rings. The van der Waals surface area contributed by atoms with Gasteiger partial charge in [0.15, 0.2) is 22.5 Å². The molecule has 12 nitrogen and oxygen atoms in total. The topological polar surface area (TPSA) is 180 Å². The quantitative estimate of drug-likeness (QED) is 0.228. The minimum absolute atomic E-state index is 0.0259. The number of rotatable bonds is 5. The third kappa shape index (κ3) is 3.64. The van der Waals surface area contributed by atoms with Crippen LogP contribution in [0.1, 0.15) is 6.23 Å². The molecular weight excluding hydrogens is 379 g/mol. The van der Waals surface area contributed by atoms with Crippen LogP contribution in [0.2, 0.25) is 0 Å². The number of nitrogens with zero attached hydrogens (tertiary/aromatic N) is 3. The summed E-state index contributed by atoms with van der Waals surface area (Å²) in [6.45, 7) is -0.629. The van der Waals surface area contributed by atoms with Gasteiger partial charge in [-0.15, -0.1) is 0 Å². The molecule has 138 valence electrons. The Morgan fingerprint density at radius 3 is 2.80 bits per heavy atom. The fraction of sp³-hybridized carbons (Fsp3) is 0.545. The molecule has 1 aliphatic heterocycles. The van der Waals surface area contributed by atoms with E-state index in [1.54, 1.807) is 6.26 Å². The molecule has 0 aliphatic carbocycles. The molecular formula is C11H15N4O8PS. The highest BCUT2D eigenvalue weighted by atomic mass is 32.2. The van der Waals surface area contributed by atoms with Crippen molar-refractivity contribution < 1.29 is 33.8 Å². The lowest BCUT2D eigenvalue weighted by Crippen LogP contribution is -2.33. The maximum absolute atomic E-state index is 12.0. The number of nitrogens with one attached hydrogen (secondary N) is 1. The van der Waals surface area contributed by atoms with Gasteiger partial charge in [0.05, 0.1) is 12.9 Å². The third-order valence-corrected chi connectivity index (χ3v) is 4.69. The number of phosphoric acid groups is 1. The van der Waals surface area contributed by atoms with E-state index in [0.717, 1.165) is 0 Å². The van der Waals surface area contributed by atoms with Crippen LogP contribution in [0.4, 0.5) is 0 Å². The predicted octanol–water partition coefficient (Wildman–Crippen LogP) is -1.43. The first-order valence-electron chi connectivity index (χ1n) is 6.94. The van der Waals surface area contributed by atoms with Crippen molar-refractivity contribution in [1.29, 1.82) is 0 Å². The summed E-state index contributed by atoms with van der Waals surface area (Å²) in [6, 6.07) is 0. The molecule has 0 bridgehead atoms. The molecule has 1 saturated heterocycles. The molecule has 3 rings (SSSR count). The van der Waals surface area contributed by atoms with E-state index in [2.05, 4.69) is 19.5 Å². The van der Waals surface area contributed by atoms with Crippen molar-refractivity contribution >= 4 is 30.7 Å². The van der Waals surface area contributed by atoms with Gasteiger partial charge in [-0.2, -0.15) is 0 Å². The van der Waals surface area contributed by atoms with Crippen LogP contribution < -0.4 is 5.56 Å². The lowest BCUT2D eigenvalue weighted by molar-refractivity contribution is -0.0504. The Balaban J connectivity index is 1.91. The van der Waals surface area contributed by atoms with Crippen LogP contribution in [-0.4, -0.2) is 70.7 Å². The highest BCUT2D eigenvalue weighted by molar-refractivity contribution is 7.98. The van der Waals surface area contributed by atoms with Crippen molar-refractivity contribution in [3.63, 3.8) is 0 Å². The molecule has 3 heterocycles. The normalized spacial score (nSPS) is 27.2. The Labute approximate surface area is 144 Å². The summed E-state index contributed by atoms with van der Waals surface area (Å²) < 4.78 is 21.8. The van der Waals surface area contributed by atoms with E-state index in [9.17, 15) is 19.6 Å². The van der Waals surface area contributed by atoms with Crippen molar-refractivity contribution in [2.24, 2.45) is 0 Å². The highest BCUT2D eigenvalue weighted by Gasteiger charge is 2.45. The average molecular weight is 394 g/mol. The summed E-state index contributed by atoms with van der Waals surface area (Å²) in [7, 11) is -4.75. The van der Waals surface area contributed by atoms with Gasteiger partial charge in [0.1, 0.15) is 18.3 Å². The number of hydrogen-bond donors (Lipinski definition) is 5. The molecule has 0 radical (unpaired) electrons. The Bertz CT molecular complexity index is 881. The zero-order valence-corrected chi connectivity index (χ0v) is 14.4. The number of thioether (sulfide) groups is 1. The van der Waals surface area contributed by atoms with Crippen LogP contribution in [0.25, 0.3) is 11.2 Å². The third-order valence-electron chi connectivity index (χ3n) is 3.62. The van der Waals surface area contributed by atoms with Gasteiger partial charge in [-0.05, 0) is 6.26 Å². The number of aromatic nitrogens is 4. The van der Waals surface area contributed by atoms with E-state index in [4.69, 9.17) is 14.5 Å². The number of fused-ring (bicyclic) bond motifs is 1. The van der Waals surface area contributed by atoms with Crippen molar-refractivity contribution in [3.05, 3.63) is 16.7 Å². The number of phosphoric ester groups is 1. The maximum Gasteiger partial charge on any atom is 0.469 e. The molecule has 5 N–H and O–H groups in total. The molecule has 0 aromatic carbocycles. The molecule has 4 atom stereocenters. The van der Waals surface area contributed by atoms with Crippen molar-refractivity contribution in [1.82, 2.24) is 19.5 Å². The Kier molecular flexibility index (Phi) is 5.01. The summed E-state index contributed by atoms with van der Waals surface area (Å²) in [5, 5.41) is 20.5. The Hall–Kier alpha value is -1.31. The van der Waals surface area contributed by atoms with Crippen molar-refractivity contribution in [2.75, 3.05) is 12.9 Å². The first-order valence-corrected chi connectivity index (χ1v) is 9.69. The first-order chi connectivity index (χ1) is 11.7. The first kappa shape index (κ1) is 18.5. The van der Waals surface area contributed by atoms with Crippen LogP contribution in [0.3, 0.4) is 0 Å². The second-order valence-electron chi connectivity index (χ2n) is 5.23. The number of imidazole rings is 1. The fourth-order valence-electron chi connectivity index (χ4n) is 2.46. The van der Waals surface area contributed by atoms with Crippen molar-refractivity contribution in [3.8, 4) is 0 Å². The van der Waals surface area contributed by atoms with E-state index >= 15 is 0 Å². The zero-order chi connectivity index (χ0) is 18.4. The molecule has 2 aromatic heterocycles. The number of H-pyrrole nitrogens is 1. The van der Waals surface area contributed by atoms with Gasteiger partial charge in [0, 0.05) is 0 Å². The number of ether oxygens (including phenoxy) is 1. The second kappa shape index (κ2) is 6.78. The highest BCUT2D eigenvalue weighted by Crippen LogP contribution is 2.38. The van der Waals surface area contributed by atoms with Gasteiger partial charge >= 0.3 is 7.82 Å². The molecule has 0 saturated carbocycles. The monoisotopic (exact) mass is 394 g/mol. The summed E-state index contributed by atoms with van der Waals surface area (Å²) in [5.74, 6) is 0. The Morgan fingerprint density at radius 2 is 2.16 bits per heavy atom. The number of aliphatic hydroxyl groups excluding tert-OH is 2. The lowest BCUT2D eigenvalue weighted by Gasteiger charge is -2.16. The summed E-state index contributed by atoms with van der Waals surface area (Å²) in [6.07, 6.45) is -2.31. The second-order valence-corrected chi connectivity index (χ2v) is 7.27. The van der Waals surface area contributed by atoms with Gasteiger partial charge < -0.3 is 24.7 Å².